The Bertz CT molecular complexity index is 1230. The summed E-state index contributed by atoms with van der Waals surface area (Å²) < 4.78 is 0. The van der Waals surface area contributed by atoms with E-state index in [9.17, 15) is 29.1 Å². The molecule has 14 heteroatoms. The second-order valence-corrected chi connectivity index (χ2v) is 13.1. The van der Waals surface area contributed by atoms with Crippen molar-refractivity contribution in [1.82, 2.24) is 26.6 Å². The van der Waals surface area contributed by atoms with Crippen molar-refractivity contribution >= 4 is 35.5 Å². The maximum Gasteiger partial charge on any atom is 0.243 e. The molecule has 14 nitrogen and oxygen atoms in total. The van der Waals surface area contributed by atoms with Crippen LogP contribution in [-0.2, 0) is 30.4 Å². The first-order valence-electron chi connectivity index (χ1n) is 15.9. The van der Waals surface area contributed by atoms with Crippen LogP contribution in [0.5, 0.6) is 5.75 Å². The molecule has 10 N–H and O–H groups in total. The Morgan fingerprint density at radius 3 is 1.65 bits per heavy atom. The van der Waals surface area contributed by atoms with Gasteiger partial charge in [0.25, 0.3) is 0 Å². The molecule has 5 unspecified atom stereocenters. The highest BCUT2D eigenvalue weighted by Gasteiger charge is 2.35. The molecule has 1 aromatic carbocycles. The summed E-state index contributed by atoms with van der Waals surface area (Å²) in [5.74, 6) is -3.34. The number of guanidine groups is 1. The number of phenols is 1. The van der Waals surface area contributed by atoms with Gasteiger partial charge < -0.3 is 43.2 Å². The SMILES string of the molecule is CC(C)CC1NC(=O)C(CC(C)C)NC(=O)C(C(C)C)NC(=O)C(CCCN=C(N)N)NC(=O)C(Cc2ccc(O)cc2)NC1=O. The number of benzene rings is 1. The number of phenolic OH excluding ortho intramolecular Hbond substituents is 1. The average Bonchev–Trinajstić information content (AvgIpc) is 2.95. The number of hydrogen-bond acceptors (Lipinski definition) is 7. The predicted molar refractivity (Wildman–Crippen MR) is 175 cm³/mol. The van der Waals surface area contributed by atoms with Crippen LogP contribution in [0.3, 0.4) is 0 Å². The molecule has 5 amide bonds. The zero-order chi connectivity index (χ0) is 34.6. The van der Waals surface area contributed by atoms with Crippen molar-refractivity contribution in [3.05, 3.63) is 29.8 Å². The van der Waals surface area contributed by atoms with Crippen LogP contribution in [0.4, 0.5) is 0 Å². The number of rotatable bonds is 11. The number of amides is 5. The Labute approximate surface area is 271 Å². The van der Waals surface area contributed by atoms with Gasteiger partial charge in [0.15, 0.2) is 5.96 Å². The molecule has 1 heterocycles. The topological polar surface area (TPSA) is 230 Å². The van der Waals surface area contributed by atoms with Gasteiger partial charge >= 0.3 is 0 Å². The maximum absolute atomic E-state index is 13.8. The standard InChI is InChI=1S/C32H52N8O6/c1-17(2)14-23-28(43)38-25(16-20-9-11-21(41)12-10-20)30(45)36-22(8-7-13-35-32(33)34)27(42)40-26(19(5)6)31(46)39-24(15-18(3)4)29(44)37-23/h9-12,17-19,22-26,41H,7-8,13-16H2,1-6H3,(H,36,45)(H,37,44)(H,38,43)(H,39,46)(H,40,42)(H4,33,34,35). The van der Waals surface area contributed by atoms with Crippen molar-refractivity contribution < 1.29 is 29.1 Å². The van der Waals surface area contributed by atoms with Crippen molar-refractivity contribution in [2.24, 2.45) is 34.2 Å². The van der Waals surface area contributed by atoms with Crippen LogP contribution in [0.1, 0.15) is 72.8 Å². The molecule has 1 saturated heterocycles. The molecule has 1 fully saturated rings. The molecule has 1 aliphatic rings. The molecule has 5 atom stereocenters. The predicted octanol–water partition coefficient (Wildman–Crippen LogP) is 0.174. The van der Waals surface area contributed by atoms with Gasteiger partial charge in [0.2, 0.25) is 29.5 Å². The average molecular weight is 645 g/mol. The van der Waals surface area contributed by atoms with Crippen LogP contribution in [0.2, 0.25) is 0 Å². The number of aromatic hydroxyl groups is 1. The molecule has 1 aliphatic heterocycles. The number of hydrogen-bond donors (Lipinski definition) is 8. The molecule has 0 radical (unpaired) electrons. The molecule has 0 spiro atoms. The van der Waals surface area contributed by atoms with E-state index in [1.807, 2.05) is 27.7 Å². The van der Waals surface area contributed by atoms with E-state index in [2.05, 4.69) is 31.6 Å². The van der Waals surface area contributed by atoms with Gasteiger partial charge in [0, 0.05) is 13.0 Å². The molecule has 46 heavy (non-hydrogen) atoms. The summed E-state index contributed by atoms with van der Waals surface area (Å²) >= 11 is 0. The van der Waals surface area contributed by atoms with Crippen LogP contribution >= 0.6 is 0 Å². The number of nitrogens with zero attached hydrogens (tertiary/aromatic N) is 1. The van der Waals surface area contributed by atoms with Crippen LogP contribution in [0.25, 0.3) is 0 Å². The van der Waals surface area contributed by atoms with Crippen LogP contribution in [-0.4, -0.2) is 77.4 Å². The summed E-state index contributed by atoms with van der Waals surface area (Å²) in [4.78, 5) is 72.3. The molecule has 2 rings (SSSR count). The van der Waals surface area contributed by atoms with Crippen molar-refractivity contribution in [2.75, 3.05) is 6.54 Å². The van der Waals surface area contributed by atoms with Gasteiger partial charge in [-0.1, -0.05) is 53.7 Å². The van der Waals surface area contributed by atoms with Crippen LogP contribution < -0.4 is 38.1 Å². The van der Waals surface area contributed by atoms with E-state index in [0.29, 0.717) is 18.4 Å². The lowest BCUT2D eigenvalue weighted by Gasteiger charge is -2.28. The molecule has 1 aromatic rings. The smallest absolute Gasteiger partial charge is 0.243 e. The van der Waals surface area contributed by atoms with E-state index in [4.69, 9.17) is 11.5 Å². The van der Waals surface area contributed by atoms with E-state index in [0.717, 1.165) is 0 Å². The molecular formula is C32H52N8O6. The third-order valence-corrected chi connectivity index (χ3v) is 7.51. The van der Waals surface area contributed by atoms with Crippen molar-refractivity contribution in [1.29, 1.82) is 0 Å². The highest BCUT2D eigenvalue weighted by atomic mass is 16.3. The van der Waals surface area contributed by atoms with E-state index < -0.39 is 59.7 Å². The minimum Gasteiger partial charge on any atom is -0.508 e. The second kappa shape index (κ2) is 18.0. The molecule has 0 bridgehead atoms. The summed E-state index contributed by atoms with van der Waals surface area (Å²) in [6.07, 6.45) is 1.06. The summed E-state index contributed by atoms with van der Waals surface area (Å²) in [7, 11) is 0. The zero-order valence-corrected chi connectivity index (χ0v) is 27.8. The van der Waals surface area contributed by atoms with Crippen molar-refractivity contribution in [3.8, 4) is 5.75 Å². The first-order valence-corrected chi connectivity index (χ1v) is 15.9. The first-order chi connectivity index (χ1) is 21.6. The normalized spacial score (nSPS) is 23.5. The fourth-order valence-electron chi connectivity index (χ4n) is 5.12. The minimum atomic E-state index is -1.14. The highest BCUT2D eigenvalue weighted by molar-refractivity contribution is 5.98. The van der Waals surface area contributed by atoms with Gasteiger partial charge in [0.05, 0.1) is 0 Å². The lowest BCUT2D eigenvalue weighted by molar-refractivity contribution is -0.135. The fraction of sp³-hybridized carbons (Fsp3) is 0.625. The lowest BCUT2D eigenvalue weighted by Crippen LogP contribution is -2.59. The fourth-order valence-corrected chi connectivity index (χ4v) is 5.12. The Hall–Kier alpha value is -4.36. The Kier molecular flexibility index (Phi) is 14.8. The monoisotopic (exact) mass is 644 g/mol. The van der Waals surface area contributed by atoms with E-state index in [-0.39, 0.29) is 55.3 Å². The Morgan fingerprint density at radius 1 is 0.696 bits per heavy atom. The van der Waals surface area contributed by atoms with Crippen LogP contribution in [0.15, 0.2) is 29.3 Å². The number of carbonyl (C=O) groups is 5. The summed E-state index contributed by atoms with van der Waals surface area (Å²) in [6, 6.07) is 0.943. The lowest BCUT2D eigenvalue weighted by atomic mass is 9.98. The van der Waals surface area contributed by atoms with E-state index in [1.54, 1.807) is 26.0 Å². The second-order valence-electron chi connectivity index (χ2n) is 13.1. The number of nitrogens with two attached hydrogens (primary N) is 2. The third kappa shape index (κ3) is 12.6. The summed E-state index contributed by atoms with van der Waals surface area (Å²) in [6.45, 7) is 11.3. The zero-order valence-electron chi connectivity index (χ0n) is 27.8. The number of aliphatic imine (C=N–C) groups is 1. The van der Waals surface area contributed by atoms with Crippen molar-refractivity contribution in [2.45, 2.75) is 104 Å². The largest absolute Gasteiger partial charge is 0.508 e. The van der Waals surface area contributed by atoms with Gasteiger partial charge in [-0.15, -0.1) is 0 Å². The quantitative estimate of drug-likeness (QED) is 0.0938. The number of carbonyl (C=O) groups excluding carboxylic acids is 5. The minimum absolute atomic E-state index is 0.00221. The molecular weight excluding hydrogens is 592 g/mol. The summed E-state index contributed by atoms with van der Waals surface area (Å²) in [5, 5.41) is 23.6. The molecule has 0 aromatic heterocycles. The maximum atomic E-state index is 13.8. The Balaban J connectivity index is 2.59. The third-order valence-electron chi connectivity index (χ3n) is 7.51. The number of nitrogens with one attached hydrogen (secondary N) is 5. The molecule has 0 aliphatic carbocycles. The van der Waals surface area contributed by atoms with E-state index >= 15 is 0 Å². The van der Waals surface area contributed by atoms with E-state index in [1.165, 1.54) is 12.1 Å². The summed E-state index contributed by atoms with van der Waals surface area (Å²) in [5.41, 5.74) is 11.5. The van der Waals surface area contributed by atoms with Gasteiger partial charge in [-0.2, -0.15) is 0 Å². The van der Waals surface area contributed by atoms with Gasteiger partial charge in [-0.25, -0.2) is 0 Å². The van der Waals surface area contributed by atoms with Crippen molar-refractivity contribution in [3.63, 3.8) is 0 Å². The van der Waals surface area contributed by atoms with Crippen LogP contribution in [0, 0.1) is 17.8 Å². The van der Waals surface area contributed by atoms with Gasteiger partial charge in [-0.05, 0) is 61.1 Å². The van der Waals surface area contributed by atoms with Gasteiger partial charge in [-0.3, -0.25) is 29.0 Å². The van der Waals surface area contributed by atoms with Gasteiger partial charge in [0.1, 0.15) is 36.0 Å². The first kappa shape index (κ1) is 37.8. The molecule has 256 valence electrons. The Morgan fingerprint density at radius 2 is 1.15 bits per heavy atom. The molecule has 0 saturated carbocycles. The highest BCUT2D eigenvalue weighted by Crippen LogP contribution is 2.15.